The van der Waals surface area contributed by atoms with E-state index in [1.165, 1.54) is 0 Å². The summed E-state index contributed by atoms with van der Waals surface area (Å²) in [6.07, 6.45) is 9.68. The second-order valence-electron chi connectivity index (χ2n) is 5.14. The number of nitrogens with one attached hydrogen (secondary N) is 1. The van der Waals surface area contributed by atoms with Crippen LogP contribution in [0.25, 0.3) is 0 Å². The molecule has 1 saturated heterocycles. The maximum absolute atomic E-state index is 12.5. The van der Waals surface area contributed by atoms with Gasteiger partial charge in [0.2, 0.25) is 11.8 Å². The lowest BCUT2D eigenvalue weighted by molar-refractivity contribution is -0.135. The standard InChI is InChI=1S/C14H20N2O2/c1-3-5-11(4-2)16-9-8-12(17)15-13(14(16)18)10-6-7-10/h2,10-11,13H,3,5-9H2,1H3,(H,15,17). The molecule has 2 rings (SSSR count). The van der Waals surface area contributed by atoms with E-state index >= 15 is 0 Å². The van der Waals surface area contributed by atoms with Crippen molar-refractivity contribution in [1.82, 2.24) is 10.2 Å². The minimum atomic E-state index is -0.340. The molecule has 18 heavy (non-hydrogen) atoms. The Bertz CT molecular complexity index is 382. The maximum atomic E-state index is 12.5. The molecule has 2 unspecified atom stereocenters. The molecule has 4 nitrogen and oxygen atoms in total. The number of amides is 2. The fourth-order valence-corrected chi connectivity index (χ4v) is 2.48. The van der Waals surface area contributed by atoms with Crippen molar-refractivity contribution in [2.24, 2.45) is 5.92 Å². The van der Waals surface area contributed by atoms with Crippen LogP contribution in [0.1, 0.15) is 39.0 Å². The van der Waals surface area contributed by atoms with Crippen molar-refractivity contribution < 1.29 is 9.59 Å². The largest absolute Gasteiger partial charge is 0.344 e. The summed E-state index contributed by atoms with van der Waals surface area (Å²) in [4.78, 5) is 25.8. The molecule has 2 amide bonds. The highest BCUT2D eigenvalue weighted by Gasteiger charge is 2.42. The van der Waals surface area contributed by atoms with Crippen LogP contribution in [0.15, 0.2) is 0 Å². The molecule has 0 aromatic heterocycles. The maximum Gasteiger partial charge on any atom is 0.246 e. The number of carbonyl (C=O) groups excluding carboxylic acids is 2. The highest BCUT2D eigenvalue weighted by Crippen LogP contribution is 2.34. The molecule has 1 saturated carbocycles. The van der Waals surface area contributed by atoms with Crippen LogP contribution < -0.4 is 5.32 Å². The molecule has 2 fully saturated rings. The van der Waals surface area contributed by atoms with Gasteiger partial charge >= 0.3 is 0 Å². The normalized spacial score (nSPS) is 26.2. The molecule has 1 N–H and O–H groups in total. The van der Waals surface area contributed by atoms with Crippen molar-refractivity contribution in [2.75, 3.05) is 6.54 Å². The SMILES string of the molecule is C#CC(CCC)N1CCC(=O)NC(C2CC2)C1=O. The summed E-state index contributed by atoms with van der Waals surface area (Å²) < 4.78 is 0. The average Bonchev–Trinajstić information content (AvgIpc) is 3.17. The van der Waals surface area contributed by atoms with Crippen molar-refractivity contribution in [3.05, 3.63) is 0 Å². The Hall–Kier alpha value is -1.50. The Morgan fingerprint density at radius 1 is 1.50 bits per heavy atom. The van der Waals surface area contributed by atoms with Gasteiger partial charge in [0.15, 0.2) is 0 Å². The van der Waals surface area contributed by atoms with E-state index in [0.29, 0.717) is 18.9 Å². The van der Waals surface area contributed by atoms with Crippen molar-refractivity contribution in [3.63, 3.8) is 0 Å². The van der Waals surface area contributed by atoms with Crippen LogP contribution >= 0.6 is 0 Å². The smallest absolute Gasteiger partial charge is 0.246 e. The van der Waals surface area contributed by atoms with E-state index in [4.69, 9.17) is 6.42 Å². The highest BCUT2D eigenvalue weighted by atomic mass is 16.2. The van der Waals surface area contributed by atoms with Crippen LogP contribution in [-0.4, -0.2) is 35.3 Å². The summed E-state index contributed by atoms with van der Waals surface area (Å²) in [6, 6.07) is -0.510. The minimum absolute atomic E-state index is 0.0137. The Morgan fingerprint density at radius 2 is 2.22 bits per heavy atom. The second kappa shape index (κ2) is 5.43. The van der Waals surface area contributed by atoms with E-state index in [0.717, 1.165) is 25.7 Å². The minimum Gasteiger partial charge on any atom is -0.344 e. The molecule has 2 atom stereocenters. The molecule has 1 heterocycles. The monoisotopic (exact) mass is 248 g/mol. The lowest BCUT2D eigenvalue weighted by Gasteiger charge is -2.29. The molecule has 0 bridgehead atoms. The molecule has 0 spiro atoms. The van der Waals surface area contributed by atoms with E-state index in [1.54, 1.807) is 4.90 Å². The zero-order valence-electron chi connectivity index (χ0n) is 10.8. The van der Waals surface area contributed by atoms with Gasteiger partial charge in [-0.05, 0) is 25.2 Å². The molecule has 0 radical (unpaired) electrons. The first-order chi connectivity index (χ1) is 8.67. The number of rotatable bonds is 4. The van der Waals surface area contributed by atoms with Crippen molar-refractivity contribution in [3.8, 4) is 12.3 Å². The summed E-state index contributed by atoms with van der Waals surface area (Å²) in [5, 5.41) is 2.84. The van der Waals surface area contributed by atoms with Gasteiger partial charge in [0.1, 0.15) is 6.04 Å². The summed E-state index contributed by atoms with van der Waals surface area (Å²) in [6.45, 7) is 2.50. The average molecular weight is 248 g/mol. The highest BCUT2D eigenvalue weighted by molar-refractivity contribution is 5.90. The fraction of sp³-hybridized carbons (Fsp3) is 0.714. The molecule has 2 aliphatic rings. The van der Waals surface area contributed by atoms with E-state index < -0.39 is 0 Å². The lowest BCUT2D eigenvalue weighted by Crippen LogP contribution is -2.49. The van der Waals surface area contributed by atoms with Crippen LogP contribution in [0.5, 0.6) is 0 Å². The third-order valence-electron chi connectivity index (χ3n) is 3.67. The van der Waals surface area contributed by atoms with Gasteiger partial charge in [-0.3, -0.25) is 9.59 Å². The summed E-state index contributed by atoms with van der Waals surface area (Å²) >= 11 is 0. The van der Waals surface area contributed by atoms with E-state index in [1.807, 2.05) is 0 Å². The number of hydrogen-bond donors (Lipinski definition) is 1. The van der Waals surface area contributed by atoms with Gasteiger partial charge in [0.05, 0.1) is 6.04 Å². The van der Waals surface area contributed by atoms with Gasteiger partial charge in [0, 0.05) is 13.0 Å². The topological polar surface area (TPSA) is 49.4 Å². The van der Waals surface area contributed by atoms with Gasteiger partial charge in [-0.1, -0.05) is 19.3 Å². The molecular weight excluding hydrogens is 228 g/mol. The van der Waals surface area contributed by atoms with Gasteiger partial charge < -0.3 is 10.2 Å². The van der Waals surface area contributed by atoms with Gasteiger partial charge in [-0.2, -0.15) is 0 Å². The van der Waals surface area contributed by atoms with Gasteiger partial charge in [0.25, 0.3) is 0 Å². The second-order valence-corrected chi connectivity index (χ2v) is 5.14. The van der Waals surface area contributed by atoms with Crippen molar-refractivity contribution in [1.29, 1.82) is 0 Å². The third kappa shape index (κ3) is 2.66. The molecule has 0 aromatic carbocycles. The zero-order chi connectivity index (χ0) is 13.1. The van der Waals surface area contributed by atoms with E-state index in [9.17, 15) is 9.59 Å². The van der Waals surface area contributed by atoms with Gasteiger partial charge in [-0.25, -0.2) is 0 Å². The molecule has 1 aliphatic heterocycles. The Balaban J connectivity index is 2.15. The number of hydrogen-bond acceptors (Lipinski definition) is 2. The summed E-state index contributed by atoms with van der Waals surface area (Å²) in [5.74, 6) is 2.99. The van der Waals surface area contributed by atoms with Crippen LogP contribution in [0.4, 0.5) is 0 Å². The van der Waals surface area contributed by atoms with Crippen LogP contribution in [0, 0.1) is 18.3 Å². The summed E-state index contributed by atoms with van der Waals surface area (Å²) in [7, 11) is 0. The van der Waals surface area contributed by atoms with Crippen LogP contribution in [0.3, 0.4) is 0 Å². The quantitative estimate of drug-likeness (QED) is 0.752. The van der Waals surface area contributed by atoms with E-state index in [-0.39, 0.29) is 23.9 Å². The van der Waals surface area contributed by atoms with Crippen molar-refractivity contribution >= 4 is 11.8 Å². The number of terminal acetylenes is 1. The molecule has 98 valence electrons. The van der Waals surface area contributed by atoms with Crippen LogP contribution in [-0.2, 0) is 9.59 Å². The summed E-state index contributed by atoms with van der Waals surface area (Å²) in [5.41, 5.74) is 0. The Morgan fingerprint density at radius 3 is 2.78 bits per heavy atom. The first-order valence-corrected chi connectivity index (χ1v) is 6.73. The molecule has 4 heteroatoms. The van der Waals surface area contributed by atoms with Gasteiger partial charge in [-0.15, -0.1) is 6.42 Å². The third-order valence-corrected chi connectivity index (χ3v) is 3.67. The number of nitrogens with zero attached hydrogens (tertiary/aromatic N) is 1. The molecule has 1 aliphatic carbocycles. The first-order valence-electron chi connectivity index (χ1n) is 6.73. The zero-order valence-corrected chi connectivity index (χ0v) is 10.8. The molecule has 0 aromatic rings. The predicted octanol–water partition coefficient (Wildman–Crippen LogP) is 0.915. The molecular formula is C14H20N2O2. The Labute approximate surface area is 108 Å². The van der Waals surface area contributed by atoms with E-state index in [2.05, 4.69) is 18.2 Å². The predicted molar refractivity (Wildman–Crippen MR) is 68.5 cm³/mol. The lowest BCUT2D eigenvalue weighted by atomic mass is 10.1. The fourth-order valence-electron chi connectivity index (χ4n) is 2.48. The van der Waals surface area contributed by atoms with Crippen molar-refractivity contribution in [2.45, 2.75) is 51.1 Å². The number of carbonyl (C=O) groups is 2. The Kier molecular flexibility index (Phi) is 3.90. The van der Waals surface area contributed by atoms with Crippen LogP contribution in [0.2, 0.25) is 0 Å². The first kappa shape index (κ1) is 12.9.